The quantitative estimate of drug-likeness (QED) is 0.474. The molecule has 5 heteroatoms. The number of esters is 1. The Kier molecular flexibility index (Phi) is 4.63. The highest BCUT2D eigenvalue weighted by atomic mass is 35.5. The molecule has 0 saturated heterocycles. The van der Waals surface area contributed by atoms with E-state index in [2.05, 4.69) is 0 Å². The van der Waals surface area contributed by atoms with Gasteiger partial charge in [0.1, 0.15) is 5.82 Å². The van der Waals surface area contributed by atoms with Crippen LogP contribution in [0.15, 0.2) is 18.2 Å². The Balaban J connectivity index is 3.21. The third-order valence-electron chi connectivity index (χ3n) is 2.10. The molecule has 0 spiro atoms. The number of rotatable bonds is 4. The van der Waals surface area contributed by atoms with Crippen molar-refractivity contribution >= 4 is 23.4 Å². The average Bonchev–Trinajstić information content (AvgIpc) is 2.28. The molecule has 1 unspecified atom stereocenters. The Morgan fingerprint density at radius 1 is 1.41 bits per heavy atom. The number of ether oxygens (including phenoxy) is 1. The zero-order chi connectivity index (χ0) is 13.0. The number of carbonyl (C=O) groups is 2. The second kappa shape index (κ2) is 5.77. The largest absolute Gasteiger partial charge is 0.462 e. The summed E-state index contributed by atoms with van der Waals surface area (Å²) in [6, 6.07) is 3.31. The van der Waals surface area contributed by atoms with Gasteiger partial charge in [-0.05, 0) is 32.0 Å². The standard InChI is InChI=1S/C12H12ClFO3/c1-3-17-12(16)9-5-4-8(14)6-10(9)11(15)7(2)13/h4-7H,3H2,1-2H3. The molecular formula is C12H12ClFO3. The smallest absolute Gasteiger partial charge is 0.338 e. The SMILES string of the molecule is CCOC(=O)c1ccc(F)cc1C(=O)C(C)Cl. The first-order valence-corrected chi connectivity index (χ1v) is 5.56. The number of ketones is 1. The fourth-order valence-electron chi connectivity index (χ4n) is 1.32. The molecule has 0 aliphatic carbocycles. The lowest BCUT2D eigenvalue weighted by Gasteiger charge is -2.09. The molecule has 0 N–H and O–H groups in total. The van der Waals surface area contributed by atoms with Gasteiger partial charge in [-0.1, -0.05) is 0 Å². The molecule has 0 amide bonds. The van der Waals surface area contributed by atoms with Crippen LogP contribution in [0.1, 0.15) is 34.6 Å². The summed E-state index contributed by atoms with van der Waals surface area (Å²) in [5.41, 5.74) is -0.0169. The zero-order valence-corrected chi connectivity index (χ0v) is 10.3. The molecule has 0 radical (unpaired) electrons. The van der Waals surface area contributed by atoms with E-state index in [9.17, 15) is 14.0 Å². The highest BCUT2D eigenvalue weighted by molar-refractivity contribution is 6.34. The van der Waals surface area contributed by atoms with Crippen LogP contribution in [0.4, 0.5) is 4.39 Å². The lowest BCUT2D eigenvalue weighted by molar-refractivity contribution is 0.0523. The minimum atomic E-state index is -0.829. The van der Waals surface area contributed by atoms with Crippen LogP contribution in [0.3, 0.4) is 0 Å². The van der Waals surface area contributed by atoms with Crippen molar-refractivity contribution in [1.82, 2.24) is 0 Å². The van der Waals surface area contributed by atoms with Gasteiger partial charge < -0.3 is 4.74 Å². The Bertz CT molecular complexity index is 443. The van der Waals surface area contributed by atoms with E-state index in [-0.39, 0.29) is 17.7 Å². The van der Waals surface area contributed by atoms with E-state index < -0.39 is 22.9 Å². The van der Waals surface area contributed by atoms with Gasteiger partial charge in [0.05, 0.1) is 17.5 Å². The summed E-state index contributed by atoms with van der Waals surface area (Å²) < 4.78 is 17.9. The lowest BCUT2D eigenvalue weighted by atomic mass is 10.0. The normalized spacial score (nSPS) is 12.0. The number of hydrogen-bond donors (Lipinski definition) is 0. The number of benzene rings is 1. The molecule has 1 aromatic carbocycles. The predicted octanol–water partition coefficient (Wildman–Crippen LogP) is 2.81. The van der Waals surface area contributed by atoms with Gasteiger partial charge in [0.2, 0.25) is 0 Å². The van der Waals surface area contributed by atoms with Crippen LogP contribution in [0.5, 0.6) is 0 Å². The molecule has 0 saturated carbocycles. The van der Waals surface area contributed by atoms with E-state index in [0.717, 1.165) is 12.1 Å². The van der Waals surface area contributed by atoms with E-state index in [0.29, 0.717) is 0 Å². The van der Waals surface area contributed by atoms with Crippen molar-refractivity contribution in [3.63, 3.8) is 0 Å². The van der Waals surface area contributed by atoms with Gasteiger partial charge in [-0.15, -0.1) is 11.6 Å². The first kappa shape index (κ1) is 13.6. The van der Waals surface area contributed by atoms with Gasteiger partial charge in [0, 0.05) is 5.56 Å². The van der Waals surface area contributed by atoms with Gasteiger partial charge in [-0.25, -0.2) is 9.18 Å². The van der Waals surface area contributed by atoms with E-state index >= 15 is 0 Å². The van der Waals surface area contributed by atoms with E-state index in [1.165, 1.54) is 13.0 Å². The highest BCUT2D eigenvalue weighted by Gasteiger charge is 2.21. The van der Waals surface area contributed by atoms with Crippen molar-refractivity contribution in [1.29, 1.82) is 0 Å². The minimum Gasteiger partial charge on any atom is -0.462 e. The molecule has 1 rings (SSSR count). The van der Waals surface area contributed by atoms with Gasteiger partial charge in [0.25, 0.3) is 0 Å². The van der Waals surface area contributed by atoms with Gasteiger partial charge in [-0.3, -0.25) is 4.79 Å². The van der Waals surface area contributed by atoms with Crippen molar-refractivity contribution < 1.29 is 18.7 Å². The van der Waals surface area contributed by atoms with Crippen LogP contribution in [0.25, 0.3) is 0 Å². The number of hydrogen-bond acceptors (Lipinski definition) is 3. The molecule has 0 bridgehead atoms. The monoisotopic (exact) mass is 258 g/mol. The zero-order valence-electron chi connectivity index (χ0n) is 9.50. The summed E-state index contributed by atoms with van der Waals surface area (Å²) in [4.78, 5) is 23.3. The molecule has 3 nitrogen and oxygen atoms in total. The first-order valence-electron chi connectivity index (χ1n) is 5.12. The molecule has 92 valence electrons. The molecule has 0 heterocycles. The van der Waals surface area contributed by atoms with Crippen LogP contribution in [0.2, 0.25) is 0 Å². The fourth-order valence-corrected chi connectivity index (χ4v) is 1.44. The van der Waals surface area contributed by atoms with E-state index in [1.54, 1.807) is 6.92 Å². The van der Waals surface area contributed by atoms with Crippen molar-refractivity contribution in [2.75, 3.05) is 6.61 Å². The molecule has 1 aromatic rings. The van der Waals surface area contributed by atoms with Crippen LogP contribution < -0.4 is 0 Å². The fraction of sp³-hybridized carbons (Fsp3) is 0.333. The maximum Gasteiger partial charge on any atom is 0.338 e. The molecule has 0 fully saturated rings. The molecule has 1 atom stereocenters. The van der Waals surface area contributed by atoms with Gasteiger partial charge in [-0.2, -0.15) is 0 Å². The molecular weight excluding hydrogens is 247 g/mol. The molecule has 17 heavy (non-hydrogen) atoms. The number of Topliss-reactive ketones (excluding diaryl/α,β-unsaturated/α-hetero) is 1. The predicted molar refractivity (Wildman–Crippen MR) is 62.0 cm³/mol. The minimum absolute atomic E-state index is 0.0331. The van der Waals surface area contributed by atoms with Crippen LogP contribution in [-0.2, 0) is 4.74 Å². The highest BCUT2D eigenvalue weighted by Crippen LogP contribution is 2.17. The molecule has 0 aromatic heterocycles. The van der Waals surface area contributed by atoms with Crippen LogP contribution in [-0.4, -0.2) is 23.7 Å². The first-order chi connectivity index (χ1) is 7.97. The van der Waals surface area contributed by atoms with Crippen molar-refractivity contribution in [3.8, 4) is 0 Å². The summed E-state index contributed by atoms with van der Waals surface area (Å²) in [5, 5.41) is -0.829. The van der Waals surface area contributed by atoms with Crippen LogP contribution in [0, 0.1) is 5.82 Å². The number of halogens is 2. The number of alkyl halides is 1. The summed E-state index contributed by atoms with van der Waals surface area (Å²) in [7, 11) is 0. The maximum absolute atomic E-state index is 13.1. The summed E-state index contributed by atoms with van der Waals surface area (Å²) in [6.07, 6.45) is 0. The van der Waals surface area contributed by atoms with E-state index in [1.807, 2.05) is 0 Å². The summed E-state index contributed by atoms with van der Waals surface area (Å²) >= 11 is 5.64. The molecule has 0 aliphatic rings. The maximum atomic E-state index is 13.1. The summed E-state index contributed by atoms with van der Waals surface area (Å²) in [6.45, 7) is 3.29. The Hall–Kier alpha value is -1.42. The van der Waals surface area contributed by atoms with Gasteiger partial charge >= 0.3 is 5.97 Å². The van der Waals surface area contributed by atoms with Crippen molar-refractivity contribution in [3.05, 3.63) is 35.1 Å². The van der Waals surface area contributed by atoms with Crippen molar-refractivity contribution in [2.45, 2.75) is 19.2 Å². The Labute approximate surface area is 104 Å². The van der Waals surface area contributed by atoms with E-state index in [4.69, 9.17) is 16.3 Å². The second-order valence-corrected chi connectivity index (χ2v) is 4.05. The van der Waals surface area contributed by atoms with Crippen molar-refractivity contribution in [2.24, 2.45) is 0 Å². The Morgan fingerprint density at radius 3 is 2.59 bits per heavy atom. The summed E-state index contributed by atoms with van der Waals surface area (Å²) in [5.74, 6) is -1.76. The number of carbonyl (C=O) groups excluding carboxylic acids is 2. The second-order valence-electron chi connectivity index (χ2n) is 3.39. The molecule has 0 aliphatic heterocycles. The Morgan fingerprint density at radius 2 is 2.06 bits per heavy atom. The average molecular weight is 259 g/mol. The lowest BCUT2D eigenvalue weighted by Crippen LogP contribution is -2.17. The topological polar surface area (TPSA) is 43.4 Å². The van der Waals surface area contributed by atoms with Gasteiger partial charge in [0.15, 0.2) is 5.78 Å². The third-order valence-corrected chi connectivity index (χ3v) is 2.30. The van der Waals surface area contributed by atoms with Crippen LogP contribution >= 0.6 is 11.6 Å². The third kappa shape index (κ3) is 3.27.